The summed E-state index contributed by atoms with van der Waals surface area (Å²) in [6.07, 6.45) is 5.65. The molecule has 4 nitrogen and oxygen atoms in total. The van der Waals surface area contributed by atoms with Crippen molar-refractivity contribution in [1.82, 2.24) is 10.6 Å². The summed E-state index contributed by atoms with van der Waals surface area (Å²) in [4.78, 5) is 12.4. The SMILES string of the molecule is COCC1(CNC(=O)c2ccc3c(c2)CCC3)CCCN1.Cl. The quantitative estimate of drug-likeness (QED) is 0.872. The maximum absolute atomic E-state index is 12.4. The van der Waals surface area contributed by atoms with Crippen LogP contribution in [0.15, 0.2) is 18.2 Å². The van der Waals surface area contributed by atoms with Crippen LogP contribution in [0.25, 0.3) is 0 Å². The maximum Gasteiger partial charge on any atom is 0.251 e. The predicted octanol–water partition coefficient (Wildman–Crippen LogP) is 2.10. The van der Waals surface area contributed by atoms with E-state index in [1.165, 1.54) is 17.5 Å². The van der Waals surface area contributed by atoms with Gasteiger partial charge in [-0.15, -0.1) is 12.4 Å². The third-order valence-electron chi connectivity index (χ3n) is 4.70. The molecular weight excluding hydrogens is 300 g/mol. The van der Waals surface area contributed by atoms with Crippen molar-refractivity contribution in [3.63, 3.8) is 0 Å². The number of carbonyl (C=O) groups is 1. The zero-order valence-electron chi connectivity index (χ0n) is 13.1. The molecule has 0 bridgehead atoms. The van der Waals surface area contributed by atoms with Crippen LogP contribution in [0, 0.1) is 0 Å². The second-order valence-corrected chi connectivity index (χ2v) is 6.26. The number of hydrogen-bond acceptors (Lipinski definition) is 3. The van der Waals surface area contributed by atoms with Crippen LogP contribution in [0.1, 0.15) is 40.7 Å². The zero-order valence-corrected chi connectivity index (χ0v) is 13.9. The Morgan fingerprint density at radius 2 is 2.14 bits per heavy atom. The van der Waals surface area contributed by atoms with E-state index < -0.39 is 0 Å². The van der Waals surface area contributed by atoms with Gasteiger partial charge < -0.3 is 15.4 Å². The molecule has 1 atom stereocenters. The first kappa shape index (κ1) is 17.3. The van der Waals surface area contributed by atoms with Gasteiger partial charge in [-0.2, -0.15) is 0 Å². The molecule has 122 valence electrons. The lowest BCUT2D eigenvalue weighted by molar-refractivity contribution is 0.0892. The number of benzene rings is 1. The second kappa shape index (κ2) is 7.44. The lowest BCUT2D eigenvalue weighted by Crippen LogP contribution is -2.53. The molecule has 1 unspecified atom stereocenters. The number of halogens is 1. The van der Waals surface area contributed by atoms with Gasteiger partial charge in [-0.3, -0.25) is 4.79 Å². The van der Waals surface area contributed by atoms with E-state index in [1.54, 1.807) is 7.11 Å². The third-order valence-corrected chi connectivity index (χ3v) is 4.70. The van der Waals surface area contributed by atoms with E-state index in [2.05, 4.69) is 22.8 Å². The number of hydrogen-bond donors (Lipinski definition) is 2. The van der Waals surface area contributed by atoms with Gasteiger partial charge in [0.15, 0.2) is 0 Å². The number of aryl methyl sites for hydroxylation is 2. The molecule has 3 rings (SSSR count). The molecule has 1 aliphatic carbocycles. The Kier molecular flexibility index (Phi) is 5.84. The first-order valence-electron chi connectivity index (χ1n) is 7.86. The summed E-state index contributed by atoms with van der Waals surface area (Å²) in [6.45, 7) is 2.26. The summed E-state index contributed by atoms with van der Waals surface area (Å²) in [7, 11) is 1.71. The highest BCUT2D eigenvalue weighted by molar-refractivity contribution is 5.94. The summed E-state index contributed by atoms with van der Waals surface area (Å²) in [5.41, 5.74) is 3.43. The van der Waals surface area contributed by atoms with E-state index in [4.69, 9.17) is 4.74 Å². The van der Waals surface area contributed by atoms with Gasteiger partial charge in [-0.05, 0) is 61.9 Å². The maximum atomic E-state index is 12.4. The molecule has 0 spiro atoms. The minimum absolute atomic E-state index is 0. The van der Waals surface area contributed by atoms with Crippen molar-refractivity contribution in [2.24, 2.45) is 0 Å². The number of ether oxygens (including phenoxy) is 1. The highest BCUT2D eigenvalue weighted by Gasteiger charge is 2.33. The number of carbonyl (C=O) groups excluding carboxylic acids is 1. The number of fused-ring (bicyclic) bond motifs is 1. The summed E-state index contributed by atoms with van der Waals surface area (Å²) in [6, 6.07) is 6.11. The number of nitrogens with one attached hydrogen (secondary N) is 2. The lowest BCUT2D eigenvalue weighted by Gasteiger charge is -2.29. The van der Waals surface area contributed by atoms with E-state index in [-0.39, 0.29) is 23.9 Å². The number of rotatable bonds is 5. The topological polar surface area (TPSA) is 50.4 Å². The Labute approximate surface area is 138 Å². The Bertz CT molecular complexity index is 527. The van der Waals surface area contributed by atoms with E-state index in [0.29, 0.717) is 13.2 Å². The molecule has 1 aromatic carbocycles. The van der Waals surface area contributed by atoms with Gasteiger partial charge in [0.05, 0.1) is 12.1 Å². The van der Waals surface area contributed by atoms with Crippen LogP contribution in [-0.4, -0.2) is 38.3 Å². The van der Waals surface area contributed by atoms with Gasteiger partial charge in [0.25, 0.3) is 5.91 Å². The molecule has 0 radical (unpaired) electrons. The molecule has 1 heterocycles. The van der Waals surface area contributed by atoms with Crippen molar-refractivity contribution >= 4 is 18.3 Å². The Balaban J connectivity index is 0.00000176. The van der Waals surface area contributed by atoms with Crippen LogP contribution < -0.4 is 10.6 Å². The van der Waals surface area contributed by atoms with Gasteiger partial charge in [0.1, 0.15) is 0 Å². The average molecular weight is 325 g/mol. The van der Waals surface area contributed by atoms with Crippen molar-refractivity contribution in [3.05, 3.63) is 34.9 Å². The van der Waals surface area contributed by atoms with Crippen molar-refractivity contribution in [2.45, 2.75) is 37.6 Å². The highest BCUT2D eigenvalue weighted by atomic mass is 35.5. The molecule has 5 heteroatoms. The number of amides is 1. The first-order valence-corrected chi connectivity index (χ1v) is 7.86. The number of methoxy groups -OCH3 is 1. The van der Waals surface area contributed by atoms with Crippen LogP contribution in [0.2, 0.25) is 0 Å². The summed E-state index contributed by atoms with van der Waals surface area (Å²) in [5, 5.41) is 6.56. The zero-order chi connectivity index (χ0) is 14.7. The Hall–Kier alpha value is -1.10. The summed E-state index contributed by atoms with van der Waals surface area (Å²) >= 11 is 0. The van der Waals surface area contributed by atoms with E-state index >= 15 is 0 Å². The molecule has 0 aromatic heterocycles. The van der Waals surface area contributed by atoms with Gasteiger partial charge in [-0.25, -0.2) is 0 Å². The van der Waals surface area contributed by atoms with Crippen molar-refractivity contribution in [3.8, 4) is 0 Å². The molecule has 1 aromatic rings. The molecule has 22 heavy (non-hydrogen) atoms. The Morgan fingerprint density at radius 3 is 2.86 bits per heavy atom. The standard InChI is InChI=1S/C17H24N2O2.ClH/c1-21-12-17(8-3-9-19-17)11-18-16(20)15-7-6-13-4-2-5-14(13)10-15;/h6-7,10,19H,2-5,8-9,11-12H2,1H3,(H,18,20);1H. The van der Waals surface area contributed by atoms with E-state index in [0.717, 1.165) is 37.8 Å². The fraction of sp³-hybridized carbons (Fsp3) is 0.588. The fourth-order valence-electron chi connectivity index (χ4n) is 3.53. The molecule has 1 amide bonds. The molecule has 2 N–H and O–H groups in total. The van der Waals surface area contributed by atoms with E-state index in [9.17, 15) is 4.79 Å². The van der Waals surface area contributed by atoms with Gasteiger partial charge in [-0.1, -0.05) is 6.07 Å². The monoisotopic (exact) mass is 324 g/mol. The lowest BCUT2D eigenvalue weighted by atomic mass is 9.98. The minimum Gasteiger partial charge on any atom is -0.383 e. The van der Waals surface area contributed by atoms with Gasteiger partial charge in [0, 0.05) is 19.2 Å². The minimum atomic E-state index is -0.0961. The predicted molar refractivity (Wildman–Crippen MR) is 89.9 cm³/mol. The summed E-state index contributed by atoms with van der Waals surface area (Å²) < 4.78 is 5.31. The molecular formula is C17H25ClN2O2. The third kappa shape index (κ3) is 3.62. The van der Waals surface area contributed by atoms with E-state index in [1.807, 2.05) is 6.07 Å². The van der Waals surface area contributed by atoms with Crippen molar-refractivity contribution in [2.75, 3.05) is 26.8 Å². The first-order chi connectivity index (χ1) is 10.2. The van der Waals surface area contributed by atoms with Crippen LogP contribution in [-0.2, 0) is 17.6 Å². The average Bonchev–Trinajstić information content (AvgIpc) is 3.13. The van der Waals surface area contributed by atoms with Crippen molar-refractivity contribution in [1.29, 1.82) is 0 Å². The smallest absolute Gasteiger partial charge is 0.251 e. The van der Waals surface area contributed by atoms with Crippen molar-refractivity contribution < 1.29 is 9.53 Å². The normalized spacial score (nSPS) is 23.0. The molecule has 1 fully saturated rings. The fourth-order valence-corrected chi connectivity index (χ4v) is 3.53. The van der Waals surface area contributed by atoms with Crippen LogP contribution in [0.5, 0.6) is 0 Å². The van der Waals surface area contributed by atoms with Gasteiger partial charge in [0.2, 0.25) is 0 Å². The largest absolute Gasteiger partial charge is 0.383 e. The highest BCUT2D eigenvalue weighted by Crippen LogP contribution is 2.23. The van der Waals surface area contributed by atoms with Crippen LogP contribution in [0.4, 0.5) is 0 Å². The molecule has 1 saturated heterocycles. The van der Waals surface area contributed by atoms with Crippen LogP contribution >= 0.6 is 12.4 Å². The molecule has 2 aliphatic rings. The Morgan fingerprint density at radius 1 is 1.32 bits per heavy atom. The van der Waals surface area contributed by atoms with Gasteiger partial charge >= 0.3 is 0 Å². The molecule has 1 aliphatic heterocycles. The summed E-state index contributed by atoms with van der Waals surface area (Å²) in [5.74, 6) is 0.0221. The van der Waals surface area contributed by atoms with Crippen LogP contribution in [0.3, 0.4) is 0 Å². The second-order valence-electron chi connectivity index (χ2n) is 6.26. The molecule has 0 saturated carbocycles.